The first-order chi connectivity index (χ1) is 14.7. The van der Waals surface area contributed by atoms with Crippen LogP contribution in [0.1, 0.15) is 91.9 Å². The van der Waals surface area contributed by atoms with Gasteiger partial charge in [0.2, 0.25) is 0 Å². The van der Waals surface area contributed by atoms with Crippen LogP contribution >= 0.6 is 0 Å². The molecule has 0 radical (unpaired) electrons. The van der Waals surface area contributed by atoms with E-state index in [4.69, 9.17) is 4.74 Å². The minimum atomic E-state index is -0.272. The molecule has 0 amide bonds. The zero-order valence-electron chi connectivity index (χ0n) is 20.4. The lowest BCUT2D eigenvalue weighted by atomic mass is 9.48. The summed E-state index contributed by atoms with van der Waals surface area (Å²) in [6, 6.07) is 0. The van der Waals surface area contributed by atoms with Crippen molar-refractivity contribution in [2.45, 2.75) is 98.0 Å². The lowest BCUT2D eigenvalue weighted by molar-refractivity contribution is -0.141. The molecule has 0 aliphatic heterocycles. The standard InChI is InChI=1S/C27H44O4/c1-6-21-23-16-20(28)14-15-27(23,4)22-9-7-8-19(17(2)11-13-24(29)31-5)12-10-18(3)25(22)26(21)30/h6,17-20,22-23,25,28H,7-16H2,1-5H3/b21-6+/t17-,18?,19?,20-,22?,23+,25?,27-/m1/s1. The highest BCUT2D eigenvalue weighted by Gasteiger charge is 2.56. The normalized spacial score (nSPS) is 41.4. The van der Waals surface area contributed by atoms with E-state index < -0.39 is 0 Å². The van der Waals surface area contributed by atoms with Gasteiger partial charge < -0.3 is 9.84 Å². The Morgan fingerprint density at radius 1 is 1.26 bits per heavy atom. The SMILES string of the molecule is C/C=C1/C(=O)C2C(C)CCC([C@H](C)CCC(=O)OC)CCCC2[C@@]2(C)CC[C@@H](O)C[C@@H]12. The Bertz CT molecular complexity index is 683. The first-order valence-corrected chi connectivity index (χ1v) is 12.7. The van der Waals surface area contributed by atoms with E-state index >= 15 is 0 Å². The third kappa shape index (κ3) is 4.94. The molecule has 0 saturated heterocycles. The summed E-state index contributed by atoms with van der Waals surface area (Å²) >= 11 is 0. The minimum absolute atomic E-state index is 0.114. The molecule has 0 aromatic carbocycles. The van der Waals surface area contributed by atoms with E-state index in [-0.39, 0.29) is 29.3 Å². The molecule has 0 aromatic heterocycles. The maximum Gasteiger partial charge on any atom is 0.305 e. The summed E-state index contributed by atoms with van der Waals surface area (Å²) < 4.78 is 4.84. The molecule has 3 aliphatic rings. The number of rotatable bonds is 4. The van der Waals surface area contributed by atoms with Crippen LogP contribution in [0.2, 0.25) is 0 Å². The molecule has 0 aromatic rings. The maximum absolute atomic E-state index is 13.7. The first kappa shape index (κ1) is 24.5. The molecule has 3 saturated carbocycles. The summed E-state index contributed by atoms with van der Waals surface area (Å²) in [5.74, 6) is 2.49. The first-order valence-electron chi connectivity index (χ1n) is 12.7. The number of esters is 1. The average molecular weight is 433 g/mol. The second-order valence-electron chi connectivity index (χ2n) is 11.1. The summed E-state index contributed by atoms with van der Waals surface area (Å²) in [6.45, 7) is 9.00. The molecule has 0 spiro atoms. The molecule has 4 unspecified atom stereocenters. The predicted molar refractivity (Wildman–Crippen MR) is 123 cm³/mol. The third-order valence-corrected chi connectivity index (χ3v) is 9.41. The maximum atomic E-state index is 13.7. The van der Waals surface area contributed by atoms with E-state index in [0.29, 0.717) is 35.9 Å². The number of hydrogen-bond donors (Lipinski definition) is 1. The second kappa shape index (κ2) is 10.2. The molecule has 4 heteroatoms. The largest absolute Gasteiger partial charge is 0.469 e. The lowest BCUT2D eigenvalue weighted by Gasteiger charge is -2.56. The van der Waals surface area contributed by atoms with Crippen LogP contribution in [0.4, 0.5) is 0 Å². The smallest absolute Gasteiger partial charge is 0.305 e. The zero-order chi connectivity index (χ0) is 22.8. The molecular formula is C27H44O4. The highest BCUT2D eigenvalue weighted by Crippen LogP contribution is 2.59. The van der Waals surface area contributed by atoms with Crippen molar-refractivity contribution >= 4 is 11.8 Å². The van der Waals surface area contributed by atoms with E-state index in [1.165, 1.54) is 13.5 Å². The minimum Gasteiger partial charge on any atom is -0.469 e. The number of carbonyl (C=O) groups is 2. The van der Waals surface area contributed by atoms with Crippen molar-refractivity contribution in [1.82, 2.24) is 0 Å². The molecule has 4 nitrogen and oxygen atoms in total. The van der Waals surface area contributed by atoms with E-state index in [9.17, 15) is 14.7 Å². The summed E-state index contributed by atoms with van der Waals surface area (Å²) in [4.78, 5) is 25.3. The number of hydrogen-bond acceptors (Lipinski definition) is 4. The molecule has 1 N–H and O–H groups in total. The van der Waals surface area contributed by atoms with Crippen LogP contribution < -0.4 is 0 Å². The van der Waals surface area contributed by atoms with E-state index in [2.05, 4.69) is 26.8 Å². The van der Waals surface area contributed by atoms with Crippen LogP contribution in [0.25, 0.3) is 0 Å². The second-order valence-corrected chi connectivity index (χ2v) is 11.1. The van der Waals surface area contributed by atoms with E-state index in [0.717, 1.165) is 56.9 Å². The fourth-order valence-corrected chi connectivity index (χ4v) is 7.35. The number of ether oxygens (including phenoxy) is 1. The highest BCUT2D eigenvalue weighted by atomic mass is 16.5. The van der Waals surface area contributed by atoms with Crippen molar-refractivity contribution in [3.8, 4) is 0 Å². The van der Waals surface area contributed by atoms with Gasteiger partial charge in [-0.25, -0.2) is 0 Å². The van der Waals surface area contributed by atoms with Crippen LogP contribution in [0, 0.1) is 40.9 Å². The van der Waals surface area contributed by atoms with Gasteiger partial charge in [-0.3, -0.25) is 9.59 Å². The van der Waals surface area contributed by atoms with Gasteiger partial charge in [-0.15, -0.1) is 0 Å². The van der Waals surface area contributed by atoms with Gasteiger partial charge >= 0.3 is 5.97 Å². The molecule has 31 heavy (non-hydrogen) atoms. The molecule has 3 fully saturated rings. The Kier molecular flexibility index (Phi) is 8.05. The van der Waals surface area contributed by atoms with Crippen LogP contribution in [-0.4, -0.2) is 30.1 Å². The topological polar surface area (TPSA) is 63.6 Å². The van der Waals surface area contributed by atoms with Crippen LogP contribution in [0.5, 0.6) is 0 Å². The Morgan fingerprint density at radius 2 is 2.00 bits per heavy atom. The molecule has 8 atom stereocenters. The number of ketones is 1. The number of allylic oxidation sites excluding steroid dienone is 2. The molecule has 3 rings (SSSR count). The number of aliphatic hydroxyl groups excluding tert-OH is 1. The Hall–Kier alpha value is -1.16. The number of methoxy groups -OCH3 is 1. The van der Waals surface area contributed by atoms with Gasteiger partial charge in [0.05, 0.1) is 13.2 Å². The van der Waals surface area contributed by atoms with Gasteiger partial charge in [0.15, 0.2) is 5.78 Å². The van der Waals surface area contributed by atoms with Crippen molar-refractivity contribution in [3.05, 3.63) is 11.6 Å². The van der Waals surface area contributed by atoms with Gasteiger partial charge in [-0.2, -0.15) is 0 Å². The molecule has 176 valence electrons. The van der Waals surface area contributed by atoms with Crippen LogP contribution in [0.15, 0.2) is 11.6 Å². The molecule has 0 heterocycles. The van der Waals surface area contributed by atoms with E-state index in [1.807, 2.05) is 6.92 Å². The van der Waals surface area contributed by atoms with Crippen molar-refractivity contribution < 1.29 is 19.4 Å². The molecule has 3 aliphatic carbocycles. The predicted octanol–water partition coefficient (Wildman–Crippen LogP) is 5.72. The third-order valence-electron chi connectivity index (χ3n) is 9.41. The highest BCUT2D eigenvalue weighted by molar-refractivity contribution is 5.99. The van der Waals surface area contributed by atoms with Gasteiger partial charge in [0.25, 0.3) is 0 Å². The van der Waals surface area contributed by atoms with Crippen molar-refractivity contribution in [2.24, 2.45) is 40.9 Å². The van der Waals surface area contributed by atoms with Crippen LogP contribution in [0.3, 0.4) is 0 Å². The van der Waals surface area contributed by atoms with E-state index in [1.54, 1.807) is 0 Å². The lowest BCUT2D eigenvalue weighted by Crippen LogP contribution is -2.54. The van der Waals surface area contributed by atoms with Crippen LogP contribution in [-0.2, 0) is 14.3 Å². The molecule has 0 bridgehead atoms. The van der Waals surface area contributed by atoms with Gasteiger partial charge in [-0.05, 0) is 92.4 Å². The quantitative estimate of drug-likeness (QED) is 0.456. The molecular weight excluding hydrogens is 388 g/mol. The Balaban J connectivity index is 1.81. The van der Waals surface area contributed by atoms with Crippen molar-refractivity contribution in [3.63, 3.8) is 0 Å². The fraction of sp³-hybridized carbons (Fsp3) is 0.852. The number of aliphatic hydroxyl groups is 1. The summed E-state index contributed by atoms with van der Waals surface area (Å²) in [5.41, 5.74) is 1.11. The number of Topliss-reactive ketones (excluding diaryl/α,β-unsaturated/α-hetero) is 1. The number of fused-ring (bicyclic) bond motifs is 3. The Morgan fingerprint density at radius 3 is 2.68 bits per heavy atom. The number of carbonyl (C=O) groups excluding carboxylic acids is 2. The summed E-state index contributed by atoms with van der Waals surface area (Å²) in [7, 11) is 1.46. The monoisotopic (exact) mass is 432 g/mol. The summed E-state index contributed by atoms with van der Waals surface area (Å²) in [6.07, 6.45) is 11.5. The fourth-order valence-electron chi connectivity index (χ4n) is 7.35. The van der Waals surface area contributed by atoms with Crippen molar-refractivity contribution in [2.75, 3.05) is 7.11 Å². The van der Waals surface area contributed by atoms with Crippen molar-refractivity contribution in [1.29, 1.82) is 0 Å². The van der Waals surface area contributed by atoms with Gasteiger partial charge in [0, 0.05) is 12.3 Å². The van der Waals surface area contributed by atoms with Gasteiger partial charge in [0.1, 0.15) is 0 Å². The summed E-state index contributed by atoms with van der Waals surface area (Å²) in [5, 5.41) is 10.4. The van der Waals surface area contributed by atoms with Gasteiger partial charge in [-0.1, -0.05) is 39.7 Å². The Labute approximate surface area is 189 Å². The zero-order valence-corrected chi connectivity index (χ0v) is 20.4. The average Bonchev–Trinajstić information content (AvgIpc) is 2.83.